The van der Waals surface area contributed by atoms with E-state index in [4.69, 9.17) is 11.6 Å². The highest BCUT2D eigenvalue weighted by Crippen LogP contribution is 2.12. The topological polar surface area (TPSA) is 56.1 Å². The van der Waals surface area contributed by atoms with Crippen LogP contribution in [0.3, 0.4) is 0 Å². The van der Waals surface area contributed by atoms with E-state index in [2.05, 4.69) is 5.32 Å². The Morgan fingerprint density at radius 3 is 2.38 bits per heavy atom. The summed E-state index contributed by atoms with van der Waals surface area (Å²) >= 11 is 5.86. The summed E-state index contributed by atoms with van der Waals surface area (Å²) in [4.78, 5) is 14.4. The molecule has 1 N–H and O–H groups in total. The molecule has 0 aliphatic carbocycles. The van der Waals surface area contributed by atoms with Gasteiger partial charge in [-0.25, -0.2) is 0 Å². The maximum absolute atomic E-state index is 12.4. The van der Waals surface area contributed by atoms with Crippen molar-refractivity contribution in [3.05, 3.63) is 82.5 Å². The second kappa shape index (κ2) is 9.65. The van der Waals surface area contributed by atoms with Crippen LogP contribution in [0.1, 0.15) is 25.0 Å². The van der Waals surface area contributed by atoms with Gasteiger partial charge in [-0.1, -0.05) is 54.1 Å². The van der Waals surface area contributed by atoms with Gasteiger partial charge in [-0.2, -0.15) is 5.26 Å². The zero-order valence-electron chi connectivity index (χ0n) is 14.9. The smallest absolute Gasteiger partial charge is 0.263 e. The van der Waals surface area contributed by atoms with Crippen molar-refractivity contribution in [3.63, 3.8) is 0 Å². The highest BCUT2D eigenvalue weighted by atomic mass is 35.5. The van der Waals surface area contributed by atoms with Crippen LogP contribution in [0.4, 0.5) is 0 Å². The number of nitriles is 1. The Labute approximate surface area is 159 Å². The molecule has 0 aromatic heterocycles. The van der Waals surface area contributed by atoms with E-state index < -0.39 is 0 Å². The molecule has 0 atom stereocenters. The van der Waals surface area contributed by atoms with Gasteiger partial charge in [-0.3, -0.25) is 4.79 Å². The normalized spacial score (nSPS) is 11.1. The lowest BCUT2D eigenvalue weighted by Gasteiger charge is -2.25. The summed E-state index contributed by atoms with van der Waals surface area (Å²) in [6.07, 6.45) is 1.63. The average Bonchev–Trinajstić information content (AvgIpc) is 2.65. The van der Waals surface area contributed by atoms with Crippen LogP contribution in [0.25, 0.3) is 0 Å². The maximum Gasteiger partial charge on any atom is 0.263 e. The molecule has 4 nitrogen and oxygen atoms in total. The Balaban J connectivity index is 2.06. The van der Waals surface area contributed by atoms with Gasteiger partial charge in [0.25, 0.3) is 5.91 Å². The first-order valence-electron chi connectivity index (χ1n) is 8.44. The monoisotopic (exact) mass is 367 g/mol. The van der Waals surface area contributed by atoms with Gasteiger partial charge in [-0.15, -0.1) is 0 Å². The fourth-order valence-electron chi connectivity index (χ4n) is 2.36. The van der Waals surface area contributed by atoms with E-state index in [0.717, 1.165) is 11.1 Å². The van der Waals surface area contributed by atoms with E-state index in [-0.39, 0.29) is 17.5 Å². The number of hydrogen-bond acceptors (Lipinski definition) is 3. The van der Waals surface area contributed by atoms with E-state index in [0.29, 0.717) is 18.1 Å². The predicted octanol–water partition coefficient (Wildman–Crippen LogP) is 4.27. The van der Waals surface area contributed by atoms with E-state index >= 15 is 0 Å². The molecule has 0 saturated heterocycles. The van der Waals surface area contributed by atoms with Crippen molar-refractivity contribution in [1.82, 2.24) is 10.2 Å². The summed E-state index contributed by atoms with van der Waals surface area (Å²) in [5, 5.41) is 12.8. The maximum atomic E-state index is 12.4. The van der Waals surface area contributed by atoms with Gasteiger partial charge in [0.2, 0.25) is 0 Å². The molecular weight excluding hydrogens is 346 g/mol. The summed E-state index contributed by atoms with van der Waals surface area (Å²) in [7, 11) is 0. The minimum atomic E-state index is -0.388. The van der Waals surface area contributed by atoms with Gasteiger partial charge >= 0.3 is 0 Å². The van der Waals surface area contributed by atoms with Gasteiger partial charge in [0.15, 0.2) is 0 Å². The molecule has 0 fully saturated rings. The molecule has 134 valence electrons. The van der Waals surface area contributed by atoms with Crippen LogP contribution in [0.2, 0.25) is 5.02 Å². The second-order valence-corrected chi connectivity index (χ2v) is 6.65. The van der Waals surface area contributed by atoms with Gasteiger partial charge in [0, 0.05) is 30.4 Å². The Bertz CT molecular complexity index is 792. The van der Waals surface area contributed by atoms with E-state index in [9.17, 15) is 10.1 Å². The predicted molar refractivity (Wildman–Crippen MR) is 104 cm³/mol. The zero-order valence-corrected chi connectivity index (χ0v) is 15.7. The SMILES string of the molecule is CC(C)N(/C=C(/C#N)C(=O)NCc1ccc(Cl)cc1)Cc1ccccc1. The van der Waals surface area contributed by atoms with E-state index in [1.807, 2.05) is 67.3 Å². The fourth-order valence-corrected chi connectivity index (χ4v) is 2.48. The minimum Gasteiger partial charge on any atom is -0.369 e. The number of benzene rings is 2. The van der Waals surface area contributed by atoms with E-state index in [1.54, 1.807) is 18.3 Å². The van der Waals surface area contributed by atoms with Crippen molar-refractivity contribution in [3.8, 4) is 6.07 Å². The molecule has 0 saturated carbocycles. The first-order valence-corrected chi connectivity index (χ1v) is 8.81. The third kappa shape index (κ3) is 5.94. The Kier molecular flexibility index (Phi) is 7.25. The van der Waals surface area contributed by atoms with Gasteiger partial charge < -0.3 is 10.2 Å². The molecule has 0 unspecified atom stereocenters. The largest absolute Gasteiger partial charge is 0.369 e. The van der Waals surface area contributed by atoms with Crippen LogP contribution >= 0.6 is 11.6 Å². The molecule has 0 aliphatic rings. The molecule has 0 radical (unpaired) electrons. The number of hydrogen-bond donors (Lipinski definition) is 1. The third-order valence-electron chi connectivity index (χ3n) is 3.90. The molecule has 0 bridgehead atoms. The molecular formula is C21H22ClN3O. The molecule has 0 heterocycles. The zero-order chi connectivity index (χ0) is 18.9. The molecule has 1 amide bonds. The van der Waals surface area contributed by atoms with Crippen LogP contribution in [0.15, 0.2) is 66.4 Å². The van der Waals surface area contributed by atoms with Crippen molar-refractivity contribution >= 4 is 17.5 Å². The lowest BCUT2D eigenvalue weighted by molar-refractivity contribution is -0.117. The third-order valence-corrected chi connectivity index (χ3v) is 4.15. The Morgan fingerprint density at radius 2 is 1.81 bits per heavy atom. The quantitative estimate of drug-likeness (QED) is 0.587. The molecule has 5 heteroatoms. The number of nitrogens with zero attached hydrogens (tertiary/aromatic N) is 2. The number of carbonyl (C=O) groups is 1. The summed E-state index contributed by atoms with van der Waals surface area (Å²) in [6, 6.07) is 19.3. The van der Waals surface area contributed by atoms with Gasteiger partial charge in [-0.05, 0) is 37.1 Å². The lowest BCUT2D eigenvalue weighted by Crippen LogP contribution is -2.29. The number of nitrogens with one attached hydrogen (secondary N) is 1. The van der Waals surface area contributed by atoms with Gasteiger partial charge in [0.1, 0.15) is 11.6 Å². The summed E-state index contributed by atoms with van der Waals surface area (Å²) < 4.78 is 0. The van der Waals surface area contributed by atoms with Crippen LogP contribution in [-0.4, -0.2) is 16.8 Å². The van der Waals surface area contributed by atoms with Crippen LogP contribution in [-0.2, 0) is 17.9 Å². The summed E-state index contributed by atoms with van der Waals surface area (Å²) in [5.74, 6) is -0.388. The first kappa shape index (κ1) is 19.6. The van der Waals surface area contributed by atoms with Gasteiger partial charge in [0.05, 0.1) is 0 Å². The number of amides is 1. The fraction of sp³-hybridized carbons (Fsp3) is 0.238. The Morgan fingerprint density at radius 1 is 1.15 bits per heavy atom. The van der Waals surface area contributed by atoms with Crippen molar-refractivity contribution in [2.45, 2.75) is 33.0 Å². The highest BCUT2D eigenvalue weighted by Gasteiger charge is 2.13. The van der Waals surface area contributed by atoms with Crippen LogP contribution in [0.5, 0.6) is 0 Å². The number of rotatable bonds is 7. The molecule has 2 rings (SSSR count). The molecule has 2 aromatic carbocycles. The molecule has 26 heavy (non-hydrogen) atoms. The Hall–Kier alpha value is -2.77. The minimum absolute atomic E-state index is 0.0867. The van der Waals surface area contributed by atoms with Crippen molar-refractivity contribution < 1.29 is 4.79 Å². The highest BCUT2D eigenvalue weighted by molar-refractivity contribution is 6.30. The molecule has 0 aliphatic heterocycles. The second-order valence-electron chi connectivity index (χ2n) is 6.22. The van der Waals surface area contributed by atoms with Crippen LogP contribution in [0, 0.1) is 11.3 Å². The van der Waals surface area contributed by atoms with Crippen molar-refractivity contribution in [1.29, 1.82) is 5.26 Å². The number of carbonyl (C=O) groups excluding carboxylic acids is 1. The van der Waals surface area contributed by atoms with E-state index in [1.165, 1.54) is 0 Å². The standard InChI is InChI=1S/C21H22ClN3O/c1-16(2)25(14-18-6-4-3-5-7-18)15-19(12-23)21(26)24-13-17-8-10-20(22)11-9-17/h3-11,15-16H,13-14H2,1-2H3,(H,24,26)/b19-15-. The average molecular weight is 368 g/mol. The summed E-state index contributed by atoms with van der Waals surface area (Å²) in [5.41, 5.74) is 2.13. The molecule has 2 aromatic rings. The van der Waals surface area contributed by atoms with Crippen molar-refractivity contribution in [2.24, 2.45) is 0 Å². The van der Waals surface area contributed by atoms with Crippen molar-refractivity contribution in [2.75, 3.05) is 0 Å². The first-order chi connectivity index (χ1) is 12.5. The summed E-state index contributed by atoms with van der Waals surface area (Å²) in [6.45, 7) is 5.03. The lowest BCUT2D eigenvalue weighted by atomic mass is 10.1. The molecule has 0 spiro atoms. The number of halogens is 1. The van der Waals surface area contributed by atoms with Crippen LogP contribution < -0.4 is 5.32 Å².